The molecule has 10 nitrogen and oxygen atoms in total. The van der Waals surface area contributed by atoms with E-state index in [0.29, 0.717) is 24.2 Å². The lowest BCUT2D eigenvalue weighted by molar-refractivity contribution is -0.148. The number of carbonyl (C=O) groups is 4. The Morgan fingerprint density at radius 2 is 1.37 bits per heavy atom. The number of rotatable bonds is 13. The van der Waals surface area contributed by atoms with E-state index in [2.05, 4.69) is 0 Å². The first-order valence-corrected chi connectivity index (χ1v) is 13.6. The summed E-state index contributed by atoms with van der Waals surface area (Å²) in [7, 11) is 0. The molecular formula is C31H41NO9. The lowest BCUT2D eigenvalue weighted by atomic mass is 9.90. The van der Waals surface area contributed by atoms with Crippen LogP contribution in [0.15, 0.2) is 48.5 Å². The van der Waals surface area contributed by atoms with Crippen molar-refractivity contribution in [2.75, 3.05) is 6.61 Å². The highest BCUT2D eigenvalue weighted by Crippen LogP contribution is 2.34. The summed E-state index contributed by atoms with van der Waals surface area (Å²) in [6, 6.07) is 12.0. The van der Waals surface area contributed by atoms with Gasteiger partial charge in [0.15, 0.2) is 11.5 Å². The van der Waals surface area contributed by atoms with Crippen LogP contribution in [0.1, 0.15) is 66.9 Å². The highest BCUT2D eigenvalue weighted by Gasteiger charge is 2.31. The highest BCUT2D eigenvalue weighted by molar-refractivity contribution is 5.81. The lowest BCUT2D eigenvalue weighted by Gasteiger charge is -2.23. The summed E-state index contributed by atoms with van der Waals surface area (Å²) >= 11 is 0. The third kappa shape index (κ3) is 10.2. The molecule has 0 aliphatic carbocycles. The summed E-state index contributed by atoms with van der Waals surface area (Å²) < 4.78 is 26.6. The Kier molecular flexibility index (Phi) is 11.9. The van der Waals surface area contributed by atoms with Gasteiger partial charge in [0.2, 0.25) is 0 Å². The van der Waals surface area contributed by atoms with E-state index in [1.807, 2.05) is 13.8 Å². The molecule has 2 atom stereocenters. The fourth-order valence-corrected chi connectivity index (χ4v) is 3.06. The molecule has 2 N–H and O–H groups in total. The molecule has 0 spiro atoms. The fraction of sp³-hybridized carbons (Fsp3) is 0.484. The van der Waals surface area contributed by atoms with Gasteiger partial charge in [-0.1, -0.05) is 38.1 Å². The number of benzene rings is 2. The van der Waals surface area contributed by atoms with Crippen molar-refractivity contribution in [1.82, 2.24) is 0 Å². The van der Waals surface area contributed by atoms with Gasteiger partial charge >= 0.3 is 24.1 Å². The van der Waals surface area contributed by atoms with E-state index in [1.54, 1.807) is 71.0 Å². The molecular weight excluding hydrogens is 530 g/mol. The Hall–Kier alpha value is -3.92. The Labute approximate surface area is 241 Å². The quantitative estimate of drug-likeness (QED) is 0.189. The number of para-hydroxylation sites is 1. The standard InChI is InChI=1S/C31H41NO9/c1-8-30(4,5)27(34)40-24-16-15-21(18-25(24)41-28(35)31(6,7)9-2)17-23(32)26(33)37-19-20(3)38-29(36)39-22-13-11-10-12-14-22/h10-16,18,20,23H,8-9,17,19,32H2,1-7H3/t20-,23-/m0/s1. The summed E-state index contributed by atoms with van der Waals surface area (Å²) in [6.07, 6.45) is -0.582. The van der Waals surface area contributed by atoms with Gasteiger partial charge in [0, 0.05) is 0 Å². The molecule has 0 heterocycles. The van der Waals surface area contributed by atoms with Crippen molar-refractivity contribution >= 4 is 24.1 Å². The Bertz CT molecular complexity index is 1210. The number of nitrogens with two attached hydrogens (primary N) is 1. The average Bonchev–Trinajstić information content (AvgIpc) is 2.93. The third-order valence-electron chi connectivity index (χ3n) is 6.75. The van der Waals surface area contributed by atoms with Crippen LogP contribution in [0.5, 0.6) is 17.2 Å². The van der Waals surface area contributed by atoms with E-state index in [9.17, 15) is 19.2 Å². The molecule has 0 saturated heterocycles. The van der Waals surface area contributed by atoms with Crippen molar-refractivity contribution < 1.29 is 42.9 Å². The second-order valence-electron chi connectivity index (χ2n) is 11.1. The molecule has 0 amide bonds. The highest BCUT2D eigenvalue weighted by atomic mass is 16.7. The molecule has 0 bridgehead atoms. The number of ether oxygens (including phenoxy) is 5. The smallest absolute Gasteiger partial charge is 0.461 e. The summed E-state index contributed by atoms with van der Waals surface area (Å²) in [6.45, 7) is 12.1. The van der Waals surface area contributed by atoms with Crippen LogP contribution in [0, 0.1) is 10.8 Å². The van der Waals surface area contributed by atoms with Gasteiger partial charge in [0.1, 0.15) is 24.5 Å². The average molecular weight is 572 g/mol. The minimum absolute atomic E-state index is 0.0422. The molecule has 0 aliphatic rings. The van der Waals surface area contributed by atoms with E-state index < -0.39 is 47.0 Å². The van der Waals surface area contributed by atoms with Gasteiger partial charge in [-0.3, -0.25) is 14.4 Å². The van der Waals surface area contributed by atoms with Crippen LogP contribution in [-0.2, 0) is 30.3 Å². The Morgan fingerprint density at radius 3 is 1.93 bits per heavy atom. The SMILES string of the molecule is CCC(C)(C)C(=O)Oc1ccc(C[C@H](N)C(=O)OC[C@H](C)OC(=O)Oc2ccccc2)cc1OC(=O)C(C)(C)CC. The molecule has 0 aliphatic heterocycles. The van der Waals surface area contributed by atoms with E-state index in [1.165, 1.54) is 12.1 Å². The maximum absolute atomic E-state index is 12.8. The molecule has 0 saturated carbocycles. The summed E-state index contributed by atoms with van der Waals surface area (Å²) in [4.78, 5) is 50.0. The van der Waals surface area contributed by atoms with Gasteiger partial charge in [-0.25, -0.2) is 4.79 Å². The van der Waals surface area contributed by atoms with Gasteiger partial charge in [-0.2, -0.15) is 0 Å². The third-order valence-corrected chi connectivity index (χ3v) is 6.75. The molecule has 0 radical (unpaired) electrons. The summed E-state index contributed by atoms with van der Waals surface area (Å²) in [5.74, 6) is -1.22. The zero-order valence-electron chi connectivity index (χ0n) is 24.9. The first-order chi connectivity index (χ1) is 19.2. The number of hydrogen-bond acceptors (Lipinski definition) is 10. The second-order valence-corrected chi connectivity index (χ2v) is 11.1. The predicted molar refractivity (Wildman–Crippen MR) is 152 cm³/mol. The zero-order chi connectivity index (χ0) is 30.8. The van der Waals surface area contributed by atoms with Crippen LogP contribution >= 0.6 is 0 Å². The minimum atomic E-state index is -1.07. The Balaban J connectivity index is 2.06. The molecule has 10 heteroatoms. The van der Waals surface area contributed by atoms with Crippen molar-refractivity contribution in [2.45, 2.75) is 79.9 Å². The normalized spacial score (nSPS) is 13.0. The number of hydrogen-bond donors (Lipinski definition) is 1. The van der Waals surface area contributed by atoms with Crippen molar-refractivity contribution in [3.8, 4) is 17.2 Å². The van der Waals surface area contributed by atoms with Gasteiger partial charge < -0.3 is 29.4 Å². The maximum atomic E-state index is 12.8. The molecule has 2 aromatic rings. The number of carbonyl (C=O) groups excluding carboxylic acids is 4. The van der Waals surface area contributed by atoms with Gasteiger partial charge in [-0.05, 0) is 83.7 Å². The molecule has 2 aromatic carbocycles. The first kappa shape index (κ1) is 33.3. The molecule has 0 aromatic heterocycles. The van der Waals surface area contributed by atoms with Gasteiger partial charge in [-0.15, -0.1) is 0 Å². The molecule has 0 fully saturated rings. The second kappa shape index (κ2) is 14.6. The Morgan fingerprint density at radius 1 is 0.805 bits per heavy atom. The van der Waals surface area contributed by atoms with Crippen molar-refractivity contribution in [3.63, 3.8) is 0 Å². The van der Waals surface area contributed by atoms with E-state index in [4.69, 9.17) is 29.4 Å². The summed E-state index contributed by atoms with van der Waals surface area (Å²) in [5.41, 5.74) is 5.11. The maximum Gasteiger partial charge on any atom is 0.514 e. The van der Waals surface area contributed by atoms with Crippen molar-refractivity contribution in [2.24, 2.45) is 16.6 Å². The minimum Gasteiger partial charge on any atom is -0.461 e. The molecule has 2 rings (SSSR count). The van der Waals surface area contributed by atoms with E-state index in [0.717, 1.165) is 0 Å². The van der Waals surface area contributed by atoms with Crippen LogP contribution in [-0.4, -0.2) is 42.8 Å². The first-order valence-electron chi connectivity index (χ1n) is 13.6. The fourth-order valence-electron chi connectivity index (χ4n) is 3.06. The van der Waals surface area contributed by atoms with Crippen LogP contribution in [0.3, 0.4) is 0 Å². The van der Waals surface area contributed by atoms with Crippen molar-refractivity contribution in [1.29, 1.82) is 0 Å². The van der Waals surface area contributed by atoms with Crippen LogP contribution in [0.25, 0.3) is 0 Å². The molecule has 224 valence electrons. The van der Waals surface area contributed by atoms with Crippen LogP contribution in [0.4, 0.5) is 4.79 Å². The predicted octanol–water partition coefficient (Wildman–Crippen LogP) is 5.39. The van der Waals surface area contributed by atoms with Crippen molar-refractivity contribution in [3.05, 3.63) is 54.1 Å². The van der Waals surface area contributed by atoms with Gasteiger partial charge in [0.05, 0.1) is 10.8 Å². The largest absolute Gasteiger partial charge is 0.514 e. The molecule has 41 heavy (non-hydrogen) atoms. The topological polar surface area (TPSA) is 140 Å². The van der Waals surface area contributed by atoms with E-state index >= 15 is 0 Å². The van der Waals surface area contributed by atoms with Crippen LogP contribution < -0.4 is 19.9 Å². The molecule has 0 unspecified atom stereocenters. The van der Waals surface area contributed by atoms with Crippen LogP contribution in [0.2, 0.25) is 0 Å². The van der Waals surface area contributed by atoms with E-state index in [-0.39, 0.29) is 24.5 Å². The zero-order valence-corrected chi connectivity index (χ0v) is 24.9. The summed E-state index contributed by atoms with van der Waals surface area (Å²) in [5, 5.41) is 0. The number of esters is 3. The lowest BCUT2D eigenvalue weighted by Crippen LogP contribution is -2.36. The monoisotopic (exact) mass is 571 g/mol. The van der Waals surface area contributed by atoms with Gasteiger partial charge in [0.25, 0.3) is 0 Å².